The molecule has 0 aliphatic carbocycles. The molecule has 2 N–H and O–H groups in total. The Hall–Kier alpha value is -1.63. The van der Waals surface area contributed by atoms with Crippen LogP contribution in [0.25, 0.3) is 11.4 Å². The van der Waals surface area contributed by atoms with Crippen molar-refractivity contribution in [3.05, 3.63) is 54.1 Å². The zero-order valence-electron chi connectivity index (χ0n) is 66.0. The van der Waals surface area contributed by atoms with Gasteiger partial charge in [-0.3, -0.25) is 0 Å². The van der Waals surface area contributed by atoms with Gasteiger partial charge in [0.2, 0.25) is 11.9 Å². The topological polar surface area (TPSA) is 62.7 Å². The molecule has 100 heavy (non-hydrogen) atoms. The second-order valence-corrected chi connectivity index (χ2v) is 36.0. The van der Waals surface area contributed by atoms with Gasteiger partial charge in [0.1, 0.15) is 0 Å². The number of hydrogen-bond acceptors (Lipinski definition) is 11. The summed E-state index contributed by atoms with van der Waals surface area (Å²) >= 11 is 12.7. The zero-order valence-corrected chi connectivity index (χ0v) is 70.9. The first-order valence-electron chi connectivity index (χ1n) is 43.0. The highest BCUT2D eigenvalue weighted by Crippen LogP contribution is 2.45. The van der Waals surface area contributed by atoms with Gasteiger partial charge in [-0.2, -0.15) is 15.0 Å². The molecule has 0 saturated heterocycles. The molecule has 0 aliphatic heterocycles. The van der Waals surface area contributed by atoms with Crippen molar-refractivity contribution in [3.8, 4) is 11.4 Å². The number of rotatable bonds is 72. The number of unbranched alkanes of at least 4 members (excludes halogenated alkanes) is 48. The van der Waals surface area contributed by atoms with Crippen LogP contribution in [0, 0.1) is 0 Å². The number of anilines is 4. The van der Waals surface area contributed by atoms with Gasteiger partial charge in [0.05, 0.1) is 0 Å². The van der Waals surface area contributed by atoms with Crippen molar-refractivity contribution in [2.45, 2.75) is 431 Å². The fraction of sp³-hybridized carbons (Fsp3) is 0.764. The third-order valence-electron chi connectivity index (χ3n) is 19.8. The van der Waals surface area contributed by atoms with Crippen molar-refractivity contribution in [2.75, 3.05) is 45.2 Å². The van der Waals surface area contributed by atoms with Crippen LogP contribution in [0.3, 0.4) is 0 Å². The van der Waals surface area contributed by atoms with Crippen molar-refractivity contribution in [3.63, 3.8) is 0 Å². The number of aryl methyl sites for hydroxylation is 1. The zero-order chi connectivity index (χ0) is 71.1. The lowest BCUT2D eigenvalue weighted by Crippen LogP contribution is -2.06. The Kier molecular flexibility index (Phi) is 59.6. The maximum absolute atomic E-state index is 5.39. The first kappa shape index (κ1) is 90.8. The Bertz CT molecular complexity index is 2270. The number of hydrogen-bond donors (Lipinski definition) is 2. The minimum absolute atomic E-state index is 0.597. The quantitative estimate of drug-likeness (QED) is 0.0328. The molecule has 570 valence electrons. The van der Waals surface area contributed by atoms with E-state index in [1.54, 1.807) is 0 Å². The van der Waals surface area contributed by atoms with E-state index in [2.05, 4.69) is 178 Å². The van der Waals surface area contributed by atoms with Gasteiger partial charge in [-0.15, -0.1) is 70.6 Å². The van der Waals surface area contributed by atoms with Crippen molar-refractivity contribution >= 4 is 93.8 Å². The Morgan fingerprint density at radius 2 is 0.450 bits per heavy atom. The average Bonchev–Trinajstić information content (AvgIpc) is 0.811. The number of nitrogens with zero attached hydrogens (tertiary/aromatic N) is 3. The predicted octanol–water partition coefficient (Wildman–Crippen LogP) is 33.3. The molecule has 5 nitrogen and oxygen atoms in total. The van der Waals surface area contributed by atoms with E-state index >= 15 is 0 Å². The molecular formula is C89H153N5S6. The molecule has 0 fully saturated rings. The molecule has 0 amide bonds. The third kappa shape index (κ3) is 45.8. The monoisotopic (exact) mass is 1480 g/mol. The summed E-state index contributed by atoms with van der Waals surface area (Å²) in [7, 11) is 0. The first-order chi connectivity index (χ1) is 49.5. The first-order valence-corrected chi connectivity index (χ1v) is 48.9. The van der Waals surface area contributed by atoms with Crippen LogP contribution in [0.1, 0.15) is 401 Å². The summed E-state index contributed by atoms with van der Waals surface area (Å²) in [6.45, 7) is 16.2. The van der Waals surface area contributed by atoms with E-state index in [0.717, 1.165) is 46.4 Å². The maximum atomic E-state index is 5.39. The average molecular weight is 1490 g/mol. The van der Waals surface area contributed by atoms with Crippen LogP contribution in [0.5, 0.6) is 0 Å². The number of benzene rings is 3. The fourth-order valence-electron chi connectivity index (χ4n) is 13.3. The van der Waals surface area contributed by atoms with E-state index in [1.807, 2.05) is 0 Å². The summed E-state index contributed by atoms with van der Waals surface area (Å²) in [5.41, 5.74) is 4.50. The fourth-order valence-corrected chi connectivity index (χ4v) is 20.9. The second kappa shape index (κ2) is 65.6. The van der Waals surface area contributed by atoms with Crippen molar-refractivity contribution in [2.24, 2.45) is 0 Å². The van der Waals surface area contributed by atoms with E-state index in [0.29, 0.717) is 17.7 Å². The Balaban J connectivity index is 1.75. The molecule has 0 radical (unpaired) electrons. The van der Waals surface area contributed by atoms with Gasteiger partial charge < -0.3 is 10.6 Å². The largest absolute Gasteiger partial charge is 0.324 e. The lowest BCUT2D eigenvalue weighted by molar-refractivity contribution is 0.573. The molecule has 0 bridgehead atoms. The van der Waals surface area contributed by atoms with E-state index in [4.69, 9.17) is 15.0 Å². The van der Waals surface area contributed by atoms with Crippen molar-refractivity contribution < 1.29 is 0 Å². The van der Waals surface area contributed by atoms with Crippen LogP contribution in [0.15, 0.2) is 77.9 Å². The molecule has 11 heteroatoms. The van der Waals surface area contributed by atoms with E-state index < -0.39 is 0 Å². The molecule has 0 saturated carbocycles. The Morgan fingerprint density at radius 3 is 0.670 bits per heavy atom. The van der Waals surface area contributed by atoms with Crippen LogP contribution >= 0.6 is 70.6 Å². The van der Waals surface area contributed by atoms with Crippen LogP contribution in [0.2, 0.25) is 0 Å². The highest BCUT2D eigenvalue weighted by atomic mass is 32.2. The van der Waals surface area contributed by atoms with Crippen LogP contribution in [-0.2, 0) is 6.42 Å². The van der Waals surface area contributed by atoms with Crippen LogP contribution in [-0.4, -0.2) is 49.5 Å². The summed E-state index contributed by atoms with van der Waals surface area (Å²) in [6.07, 6.45) is 74.5. The number of nitrogens with one attached hydrogen (secondary N) is 2. The summed E-state index contributed by atoms with van der Waals surface area (Å²) < 4.78 is 0. The van der Waals surface area contributed by atoms with Gasteiger partial charge in [0.15, 0.2) is 5.82 Å². The molecule has 0 aliphatic rings. The van der Waals surface area contributed by atoms with Crippen molar-refractivity contribution in [1.82, 2.24) is 15.0 Å². The molecule has 4 aromatic rings. The Labute approximate surface area is 645 Å². The van der Waals surface area contributed by atoms with Gasteiger partial charge in [0, 0.05) is 46.3 Å². The van der Waals surface area contributed by atoms with Gasteiger partial charge >= 0.3 is 0 Å². The minimum Gasteiger partial charge on any atom is -0.324 e. The predicted molar refractivity (Wildman–Crippen MR) is 462 cm³/mol. The van der Waals surface area contributed by atoms with E-state index in [9.17, 15) is 0 Å². The van der Waals surface area contributed by atoms with Gasteiger partial charge in [-0.05, 0) is 109 Å². The lowest BCUT2D eigenvalue weighted by Gasteiger charge is -2.19. The van der Waals surface area contributed by atoms with Gasteiger partial charge in [0.25, 0.3) is 0 Å². The molecule has 0 spiro atoms. The number of thioether (sulfide) groups is 6. The minimum atomic E-state index is 0.597. The SMILES string of the molecule is CCCCCCCCCCCSc1cc(Nc2nc(Nc3cc(SCCCCCCCCCCC)c(SCCCCCCCCCCC)c(SCCCCCCCCCCC)c3)nc(-c3ccc(CC)cc3)n2)cc(SCCCCCCCCCCC)c1SCCCCCCCCCCC. The van der Waals surface area contributed by atoms with Crippen LogP contribution in [0.4, 0.5) is 23.3 Å². The molecular weight excluding hydrogens is 1330 g/mol. The smallest absolute Gasteiger partial charge is 0.232 e. The normalized spacial score (nSPS) is 11.6. The highest BCUT2D eigenvalue weighted by Gasteiger charge is 2.19. The molecule has 0 atom stereocenters. The standard InChI is InChI=1S/C89H153N5S6/c1-8-15-21-27-33-39-45-51-57-67-95-81-73-79(74-82(96-68-58-52-46-40-34-28-22-16-9-2)85(81)99-71-61-55-49-43-37-31-25-19-12-5)90-88-92-87(78-65-63-77(14-7)64-66-78)93-89(94-88)91-80-75-83(97-69-59-53-47-41-35-29-23-17-10-3)86(100-72-62-56-50-44-38-32-26-20-13-6)84(76-80)98-70-60-54-48-42-36-30-24-18-11-4/h63-66,73-76H,8-62,67-72H2,1-7H3,(H2,90,91,92,93,94). The summed E-state index contributed by atoms with van der Waals surface area (Å²) in [6, 6.07) is 18.8. The van der Waals surface area contributed by atoms with Crippen molar-refractivity contribution in [1.29, 1.82) is 0 Å². The summed E-state index contributed by atoms with van der Waals surface area (Å²) in [5, 5.41) is 7.83. The third-order valence-corrected chi connectivity index (χ3v) is 27.3. The van der Waals surface area contributed by atoms with Gasteiger partial charge in [-0.25, -0.2) is 0 Å². The molecule has 3 aromatic carbocycles. The molecule has 0 unspecified atom stereocenters. The van der Waals surface area contributed by atoms with Crippen LogP contribution < -0.4 is 10.6 Å². The summed E-state index contributed by atoms with van der Waals surface area (Å²) in [4.78, 5) is 24.8. The van der Waals surface area contributed by atoms with E-state index in [-0.39, 0.29) is 0 Å². The highest BCUT2D eigenvalue weighted by molar-refractivity contribution is 8.04. The van der Waals surface area contributed by atoms with Gasteiger partial charge in [-0.1, -0.05) is 381 Å². The summed E-state index contributed by atoms with van der Waals surface area (Å²) in [5.74, 6) is 8.87. The maximum Gasteiger partial charge on any atom is 0.232 e. The molecule has 4 rings (SSSR count). The lowest BCUT2D eigenvalue weighted by atomic mass is 10.1. The second-order valence-electron chi connectivity index (χ2n) is 29.3. The molecule has 1 aromatic heterocycles. The number of aromatic nitrogens is 3. The van der Waals surface area contributed by atoms with E-state index in [1.165, 1.54) is 393 Å². The Morgan fingerprint density at radius 1 is 0.240 bits per heavy atom. The molecule has 1 heterocycles.